The smallest absolute Gasteiger partial charge is 0.249 e. The first kappa shape index (κ1) is 39.0. The van der Waals surface area contributed by atoms with Gasteiger partial charge in [0.05, 0.1) is 11.9 Å². The number of nitrogens with zero attached hydrogens (tertiary/aromatic N) is 6. The van der Waals surface area contributed by atoms with Crippen molar-refractivity contribution in [2.75, 3.05) is 79.3 Å². The molecule has 3 amide bonds. The van der Waals surface area contributed by atoms with E-state index in [1.54, 1.807) is 12.1 Å². The summed E-state index contributed by atoms with van der Waals surface area (Å²) < 4.78 is 30.2. The largest absolute Gasteiger partial charge is 0.374 e. The Morgan fingerprint density at radius 2 is 1.56 bits per heavy atom. The molecule has 1 aliphatic carbocycles. The molecule has 1 atom stereocenters. The summed E-state index contributed by atoms with van der Waals surface area (Å²) in [6.45, 7) is 7.76. The molecule has 2 aromatic carbocycles. The Balaban J connectivity index is 0.751. The summed E-state index contributed by atoms with van der Waals surface area (Å²) >= 11 is 0. The van der Waals surface area contributed by atoms with Gasteiger partial charge in [-0.25, -0.2) is 18.7 Å². The molecule has 14 heteroatoms. The van der Waals surface area contributed by atoms with Gasteiger partial charge in [0, 0.05) is 94.2 Å². The van der Waals surface area contributed by atoms with Gasteiger partial charge in [-0.15, -0.1) is 0 Å². The normalized spacial score (nSPS) is 24.0. The highest BCUT2D eigenvalue weighted by molar-refractivity contribution is 6.01. The molecule has 57 heavy (non-hydrogen) atoms. The molecule has 1 aromatic heterocycles. The number of carbonyl (C=O) groups excluding carboxylic acids is 3. The third-order valence-electron chi connectivity index (χ3n) is 12.7. The molecule has 3 N–H and O–H groups in total. The number of hydrogen-bond acceptors (Lipinski definition) is 10. The lowest BCUT2D eigenvalue weighted by Gasteiger charge is -2.40. The van der Waals surface area contributed by atoms with Crippen molar-refractivity contribution in [3.05, 3.63) is 60.3 Å². The van der Waals surface area contributed by atoms with E-state index in [-0.39, 0.29) is 41.9 Å². The van der Waals surface area contributed by atoms with Crippen LogP contribution in [0.15, 0.2) is 48.7 Å². The zero-order chi connectivity index (χ0) is 39.3. The highest BCUT2D eigenvalue weighted by Gasteiger charge is 2.33. The molecular weight excluding hydrogens is 729 g/mol. The topological polar surface area (TPSA) is 126 Å². The molecular formula is C43H55F2N9O3. The van der Waals surface area contributed by atoms with E-state index in [0.717, 1.165) is 109 Å². The summed E-state index contributed by atoms with van der Waals surface area (Å²) in [6.07, 6.45) is 10.8. The summed E-state index contributed by atoms with van der Waals surface area (Å²) in [5.74, 6) is -0.168. The first-order valence-electron chi connectivity index (χ1n) is 21.1. The molecule has 4 saturated heterocycles. The molecule has 0 radical (unpaired) electrons. The van der Waals surface area contributed by atoms with E-state index >= 15 is 4.39 Å². The van der Waals surface area contributed by atoms with Crippen molar-refractivity contribution in [1.29, 1.82) is 0 Å². The van der Waals surface area contributed by atoms with Crippen molar-refractivity contribution in [3.8, 4) is 11.3 Å². The Morgan fingerprint density at radius 3 is 2.30 bits per heavy atom. The number of amides is 3. The lowest BCUT2D eigenvalue weighted by atomic mass is 9.84. The minimum atomic E-state index is -0.552. The molecule has 5 fully saturated rings. The first-order valence-corrected chi connectivity index (χ1v) is 21.1. The van der Waals surface area contributed by atoms with Gasteiger partial charge in [-0.1, -0.05) is 12.1 Å². The number of likely N-dealkylation sites (tertiary alicyclic amines) is 1. The van der Waals surface area contributed by atoms with Gasteiger partial charge in [0.25, 0.3) is 0 Å². The molecule has 0 spiro atoms. The first-order chi connectivity index (χ1) is 27.8. The number of rotatable bonds is 10. The van der Waals surface area contributed by atoms with Gasteiger partial charge in [0.15, 0.2) is 5.82 Å². The minimum Gasteiger partial charge on any atom is -0.374 e. The fourth-order valence-corrected chi connectivity index (χ4v) is 9.32. The quantitative estimate of drug-likeness (QED) is 0.222. The van der Waals surface area contributed by atoms with Gasteiger partial charge in [0.2, 0.25) is 23.7 Å². The van der Waals surface area contributed by atoms with Crippen molar-refractivity contribution in [1.82, 2.24) is 25.1 Å². The van der Waals surface area contributed by atoms with E-state index in [2.05, 4.69) is 51.6 Å². The fourth-order valence-electron chi connectivity index (χ4n) is 9.32. The second-order valence-corrected chi connectivity index (χ2v) is 16.6. The SMILES string of the molecule is O=C1CCC(Nc2ccc(N3CCN(CC4CCN(C(=O)[C@H]5CC[C@H](Nc6ncc(F)c(-c7cccc(N8CCCCC8)c7)n6)CC5)CC4)CC3)c(F)c2)C(=O)N1. The van der Waals surface area contributed by atoms with Gasteiger partial charge >= 0.3 is 0 Å². The van der Waals surface area contributed by atoms with Crippen LogP contribution in [0.5, 0.6) is 0 Å². The zero-order valence-electron chi connectivity index (χ0n) is 32.7. The van der Waals surface area contributed by atoms with Crippen LogP contribution in [0.1, 0.15) is 70.6 Å². The summed E-state index contributed by atoms with van der Waals surface area (Å²) in [5, 5.41) is 8.82. The van der Waals surface area contributed by atoms with Crippen LogP contribution in [0.25, 0.3) is 11.3 Å². The number of aromatic nitrogens is 2. The number of piperidine rings is 3. The second-order valence-electron chi connectivity index (χ2n) is 16.6. The van der Waals surface area contributed by atoms with Crippen LogP contribution in [0.2, 0.25) is 0 Å². The van der Waals surface area contributed by atoms with Crippen LogP contribution < -0.4 is 25.8 Å². The van der Waals surface area contributed by atoms with Crippen LogP contribution in [-0.4, -0.2) is 108 Å². The Bertz CT molecular complexity index is 1900. The average molecular weight is 784 g/mol. The van der Waals surface area contributed by atoms with Gasteiger partial charge in [0.1, 0.15) is 17.6 Å². The van der Waals surface area contributed by atoms with Crippen molar-refractivity contribution in [3.63, 3.8) is 0 Å². The second kappa shape index (κ2) is 17.7. The van der Waals surface area contributed by atoms with E-state index < -0.39 is 11.9 Å². The molecule has 8 rings (SSSR count). The molecule has 1 saturated carbocycles. The lowest BCUT2D eigenvalue weighted by Crippen LogP contribution is -2.50. The maximum atomic E-state index is 15.2. The molecule has 304 valence electrons. The Labute approximate surface area is 333 Å². The number of carbonyl (C=O) groups is 3. The van der Waals surface area contributed by atoms with Crippen molar-refractivity contribution in [2.45, 2.75) is 82.7 Å². The molecule has 1 unspecified atom stereocenters. The highest BCUT2D eigenvalue weighted by atomic mass is 19.1. The maximum absolute atomic E-state index is 15.2. The lowest BCUT2D eigenvalue weighted by molar-refractivity contribution is -0.138. The Morgan fingerprint density at radius 1 is 0.789 bits per heavy atom. The average Bonchev–Trinajstić information content (AvgIpc) is 3.24. The fraction of sp³-hybridized carbons (Fsp3) is 0.558. The monoisotopic (exact) mass is 783 g/mol. The number of hydrogen-bond donors (Lipinski definition) is 3. The maximum Gasteiger partial charge on any atom is 0.249 e. The molecule has 5 aliphatic rings. The minimum absolute atomic E-state index is 0.0255. The predicted molar refractivity (Wildman–Crippen MR) is 217 cm³/mol. The number of halogens is 2. The van der Waals surface area contributed by atoms with Crippen LogP contribution in [-0.2, 0) is 14.4 Å². The molecule has 4 aliphatic heterocycles. The van der Waals surface area contributed by atoms with Crippen LogP contribution >= 0.6 is 0 Å². The van der Waals surface area contributed by atoms with Gasteiger partial charge in [-0.2, -0.15) is 0 Å². The summed E-state index contributed by atoms with van der Waals surface area (Å²) in [5.41, 5.74) is 3.24. The van der Waals surface area contributed by atoms with Crippen LogP contribution in [0, 0.1) is 23.5 Å². The number of piperazine rings is 1. The van der Waals surface area contributed by atoms with Crippen LogP contribution in [0.4, 0.5) is 31.8 Å². The number of anilines is 4. The van der Waals surface area contributed by atoms with E-state index in [9.17, 15) is 18.8 Å². The molecule has 5 heterocycles. The molecule has 0 bridgehead atoms. The third kappa shape index (κ3) is 9.48. The van der Waals surface area contributed by atoms with Crippen LogP contribution in [0.3, 0.4) is 0 Å². The van der Waals surface area contributed by atoms with Crippen molar-refractivity contribution in [2.24, 2.45) is 11.8 Å². The van der Waals surface area contributed by atoms with E-state index in [1.807, 2.05) is 18.2 Å². The van der Waals surface area contributed by atoms with Gasteiger partial charge < -0.3 is 25.3 Å². The number of nitrogens with one attached hydrogen (secondary N) is 3. The van der Waals surface area contributed by atoms with Gasteiger partial charge in [-0.05, 0) is 100 Å². The van der Waals surface area contributed by atoms with E-state index in [1.165, 1.54) is 31.5 Å². The van der Waals surface area contributed by atoms with Crippen molar-refractivity contribution < 1.29 is 23.2 Å². The third-order valence-corrected chi connectivity index (χ3v) is 12.7. The predicted octanol–water partition coefficient (Wildman–Crippen LogP) is 5.66. The highest BCUT2D eigenvalue weighted by Crippen LogP contribution is 2.32. The molecule has 12 nitrogen and oxygen atoms in total. The summed E-state index contributed by atoms with van der Waals surface area (Å²) in [6, 6.07) is 12.6. The van der Waals surface area contributed by atoms with E-state index in [4.69, 9.17) is 0 Å². The number of imide groups is 1. The molecule has 3 aromatic rings. The van der Waals surface area contributed by atoms with Gasteiger partial charge in [-0.3, -0.25) is 24.6 Å². The number of benzene rings is 2. The van der Waals surface area contributed by atoms with E-state index in [0.29, 0.717) is 35.4 Å². The zero-order valence-corrected chi connectivity index (χ0v) is 32.7. The summed E-state index contributed by atoms with van der Waals surface area (Å²) in [4.78, 5) is 55.0. The Kier molecular flexibility index (Phi) is 12.1. The standard InChI is InChI=1S/C43H55F2N9O3/c44-35-26-33(47-37-12-14-39(55)49-41(37)56)11-13-38(35)53-23-21-51(22-24-53)28-29-15-19-54(20-16-29)42(57)30-7-9-32(10-8-30)48-43-46-27-36(45)40(50-43)31-5-4-6-34(25-31)52-17-2-1-3-18-52/h4-6,11,13,25-27,29-30,32,37,47H,1-3,7-10,12,14-24,28H2,(H,46,48,50)(H,49,55,56)/t30-,32-,37?. The Hall–Kier alpha value is -4.85. The summed E-state index contributed by atoms with van der Waals surface area (Å²) in [7, 11) is 0. The van der Waals surface area contributed by atoms with Crippen molar-refractivity contribution >= 4 is 40.7 Å².